The normalized spacial score (nSPS) is 18.8. The first-order valence-electron chi connectivity index (χ1n) is 2.12. The van der Waals surface area contributed by atoms with Crippen molar-refractivity contribution in [1.29, 1.82) is 0 Å². The number of nitrogens with zero attached hydrogens (tertiary/aromatic N) is 2. The predicted molar refractivity (Wildman–Crippen MR) is 46.2 cm³/mol. The van der Waals surface area contributed by atoms with E-state index in [9.17, 15) is 0 Å². The van der Waals surface area contributed by atoms with Crippen molar-refractivity contribution in [3.63, 3.8) is 0 Å². The van der Waals surface area contributed by atoms with Crippen LogP contribution in [-0.2, 0) is 0 Å². The molecule has 0 radical (unpaired) electrons. The quantitative estimate of drug-likeness (QED) is 0.377. The molecule has 0 saturated carbocycles. The number of aliphatic imine (C=N–C) groups is 1. The van der Waals surface area contributed by atoms with Crippen molar-refractivity contribution in [1.82, 2.24) is 3.93 Å². The predicted octanol–water partition coefficient (Wildman–Crippen LogP) is 1.92. The van der Waals surface area contributed by atoms with Gasteiger partial charge in [0.2, 0.25) is 0 Å². The van der Waals surface area contributed by atoms with E-state index in [2.05, 4.69) is 43.7 Å². The summed E-state index contributed by atoms with van der Waals surface area (Å²) in [7, 11) is 0. The van der Waals surface area contributed by atoms with Crippen LogP contribution in [0.4, 0.5) is 0 Å². The number of hydrogen-bond acceptors (Lipinski definition) is 2. The van der Waals surface area contributed by atoms with Crippen molar-refractivity contribution in [3.05, 3.63) is 12.3 Å². The minimum absolute atomic E-state index is 0.905. The third kappa shape index (κ3) is 1.45. The van der Waals surface area contributed by atoms with Crippen LogP contribution in [0.2, 0.25) is 0 Å². The van der Waals surface area contributed by atoms with Crippen LogP contribution in [0.1, 0.15) is 0 Å². The number of halogens is 2. The maximum absolute atomic E-state index is 4.01. The molecule has 0 spiro atoms. The molecule has 0 bridgehead atoms. The summed E-state index contributed by atoms with van der Waals surface area (Å²) >= 11 is 5.46. The highest BCUT2D eigenvalue weighted by atomic mass is 127. The van der Waals surface area contributed by atoms with Gasteiger partial charge in [0.05, 0.1) is 22.7 Å². The van der Waals surface area contributed by atoms with Gasteiger partial charge in [-0.3, -0.25) is 3.93 Å². The number of hydrogen-bond donors (Lipinski definition) is 0. The van der Waals surface area contributed by atoms with Gasteiger partial charge in [0.25, 0.3) is 0 Å². The van der Waals surface area contributed by atoms with Crippen LogP contribution < -0.4 is 0 Å². The maximum Gasteiger partial charge on any atom is 0.177 e. The Bertz CT molecular complexity index is 143. The van der Waals surface area contributed by atoms with Crippen molar-refractivity contribution in [3.8, 4) is 0 Å². The second-order valence-corrected chi connectivity index (χ2v) is 3.15. The average Bonchev–Trinajstić information content (AvgIpc) is 1.77. The third-order valence-corrected chi connectivity index (χ3v) is 2.90. The van der Waals surface area contributed by atoms with E-state index < -0.39 is 0 Å². The van der Waals surface area contributed by atoms with E-state index in [1.54, 1.807) is 6.20 Å². The fourth-order valence-electron chi connectivity index (χ4n) is 0.392. The van der Waals surface area contributed by atoms with Gasteiger partial charge in [-0.2, -0.15) is 0 Å². The summed E-state index contributed by atoms with van der Waals surface area (Å²) in [6.07, 6.45) is 3.79. The molecule has 8 heavy (non-hydrogen) atoms. The Balaban J connectivity index is 2.66. The second kappa shape index (κ2) is 2.82. The van der Waals surface area contributed by atoms with Gasteiger partial charge in [-0.05, 0) is 6.08 Å². The van der Waals surface area contributed by atoms with Crippen LogP contribution in [0.3, 0.4) is 0 Å². The molecule has 0 aliphatic carbocycles. The molecule has 0 atom stereocenters. The standard InChI is InChI=1S/C4H4BrIN2/c5-8-3-1-2-7-4(8)6/h1-2H,3H2. The lowest BCUT2D eigenvalue weighted by Crippen LogP contribution is -2.16. The molecule has 1 aliphatic heterocycles. The Morgan fingerprint density at radius 3 is 3.00 bits per heavy atom. The van der Waals surface area contributed by atoms with E-state index in [-0.39, 0.29) is 0 Å². The van der Waals surface area contributed by atoms with E-state index in [1.807, 2.05) is 10.0 Å². The molecule has 2 nitrogen and oxygen atoms in total. The summed E-state index contributed by atoms with van der Waals surface area (Å²) in [5, 5.41) is 0. The Kier molecular flexibility index (Phi) is 2.30. The highest BCUT2D eigenvalue weighted by molar-refractivity contribution is 14.1. The van der Waals surface area contributed by atoms with Gasteiger partial charge in [-0.25, -0.2) is 4.99 Å². The molecule has 1 aliphatic rings. The monoisotopic (exact) mass is 286 g/mol. The smallest absolute Gasteiger partial charge is 0.177 e. The molecule has 0 fully saturated rings. The molecule has 0 aromatic rings. The maximum atomic E-state index is 4.01. The first-order valence-corrected chi connectivity index (χ1v) is 3.91. The van der Waals surface area contributed by atoms with Gasteiger partial charge >= 0.3 is 0 Å². The minimum Gasteiger partial charge on any atom is -0.284 e. The lowest BCUT2D eigenvalue weighted by Gasteiger charge is -2.13. The fourth-order valence-corrected chi connectivity index (χ4v) is 1.01. The summed E-state index contributed by atoms with van der Waals surface area (Å²) in [5.74, 6) is 0. The second-order valence-electron chi connectivity index (χ2n) is 1.33. The van der Waals surface area contributed by atoms with Crippen molar-refractivity contribution < 1.29 is 0 Å². The number of rotatable bonds is 0. The fraction of sp³-hybridized carbons (Fsp3) is 0.250. The first kappa shape index (κ1) is 6.54. The SMILES string of the molecule is BrN1CC=CN=C1I. The zero-order valence-electron chi connectivity index (χ0n) is 4.01. The third-order valence-electron chi connectivity index (χ3n) is 0.752. The molecule has 0 amide bonds. The molecule has 0 N–H and O–H groups in total. The van der Waals surface area contributed by atoms with Gasteiger partial charge in [0, 0.05) is 28.8 Å². The van der Waals surface area contributed by atoms with E-state index >= 15 is 0 Å². The topological polar surface area (TPSA) is 15.6 Å². The number of amidine groups is 1. The summed E-state index contributed by atoms with van der Waals surface area (Å²) in [6, 6.07) is 0. The zero-order valence-corrected chi connectivity index (χ0v) is 7.76. The highest BCUT2D eigenvalue weighted by Gasteiger charge is 2.02. The van der Waals surface area contributed by atoms with Gasteiger partial charge in [0.1, 0.15) is 0 Å². The molecule has 44 valence electrons. The highest BCUT2D eigenvalue weighted by Crippen LogP contribution is 2.09. The molecule has 0 aromatic heterocycles. The molecule has 0 saturated heterocycles. The summed E-state index contributed by atoms with van der Waals surface area (Å²) < 4.78 is 2.87. The van der Waals surface area contributed by atoms with Gasteiger partial charge in [-0.15, -0.1) is 0 Å². The largest absolute Gasteiger partial charge is 0.284 e. The van der Waals surface area contributed by atoms with Crippen molar-refractivity contribution in [2.24, 2.45) is 4.99 Å². The lowest BCUT2D eigenvalue weighted by molar-refractivity contribution is 0.789. The van der Waals surface area contributed by atoms with Gasteiger partial charge in [-0.1, -0.05) is 0 Å². The molecule has 0 aromatic carbocycles. The first-order chi connectivity index (χ1) is 3.80. The molecule has 0 unspecified atom stereocenters. The molecule has 1 heterocycles. The summed E-state index contributed by atoms with van der Waals surface area (Å²) in [6.45, 7) is 0.905. The Morgan fingerprint density at radius 1 is 1.88 bits per heavy atom. The van der Waals surface area contributed by atoms with Crippen molar-refractivity contribution in [2.75, 3.05) is 6.54 Å². The van der Waals surface area contributed by atoms with E-state index in [0.717, 1.165) is 10.4 Å². The molecular weight excluding hydrogens is 283 g/mol. The molecular formula is C4H4BrIN2. The van der Waals surface area contributed by atoms with Crippen LogP contribution in [0.25, 0.3) is 0 Å². The Hall–Kier alpha value is 0.420. The summed E-state index contributed by atoms with van der Waals surface area (Å²) in [5.41, 5.74) is 0. The lowest BCUT2D eigenvalue weighted by atomic mass is 10.6. The van der Waals surface area contributed by atoms with Crippen molar-refractivity contribution >= 4 is 42.6 Å². The zero-order chi connectivity index (χ0) is 5.98. The summed E-state index contributed by atoms with van der Waals surface area (Å²) in [4.78, 5) is 4.01. The van der Waals surface area contributed by atoms with E-state index in [0.29, 0.717) is 0 Å². The molecule has 4 heteroatoms. The van der Waals surface area contributed by atoms with Gasteiger partial charge in [0.15, 0.2) is 3.84 Å². The van der Waals surface area contributed by atoms with E-state index in [1.165, 1.54) is 0 Å². The van der Waals surface area contributed by atoms with E-state index in [4.69, 9.17) is 0 Å². The van der Waals surface area contributed by atoms with Crippen LogP contribution in [0.5, 0.6) is 0 Å². The van der Waals surface area contributed by atoms with Crippen LogP contribution in [0.15, 0.2) is 17.3 Å². The van der Waals surface area contributed by atoms with Crippen LogP contribution >= 0.6 is 38.7 Å². The Morgan fingerprint density at radius 2 is 2.62 bits per heavy atom. The average molecular weight is 287 g/mol. The van der Waals surface area contributed by atoms with Crippen LogP contribution in [0, 0.1) is 0 Å². The van der Waals surface area contributed by atoms with Crippen LogP contribution in [-0.4, -0.2) is 14.3 Å². The van der Waals surface area contributed by atoms with Crippen molar-refractivity contribution in [2.45, 2.75) is 0 Å². The Labute approximate surface area is 70.1 Å². The van der Waals surface area contributed by atoms with Gasteiger partial charge < -0.3 is 0 Å². The molecule has 1 rings (SSSR count). The minimum atomic E-state index is 0.905.